The molecular formula is C7H7Cl3N2. The lowest BCUT2D eigenvalue weighted by atomic mass is 10.3. The van der Waals surface area contributed by atoms with Crippen LogP contribution in [0.15, 0.2) is 10.7 Å². The van der Waals surface area contributed by atoms with Crippen molar-refractivity contribution < 1.29 is 0 Å². The van der Waals surface area contributed by atoms with E-state index in [1.807, 2.05) is 14.0 Å². The average Bonchev–Trinajstić information content (AvgIpc) is 2.28. The van der Waals surface area contributed by atoms with Crippen molar-refractivity contribution >= 4 is 39.8 Å². The zero-order chi connectivity index (χ0) is 9.30. The van der Waals surface area contributed by atoms with Gasteiger partial charge in [0.1, 0.15) is 4.49 Å². The van der Waals surface area contributed by atoms with E-state index < -0.39 is 0 Å². The van der Waals surface area contributed by atoms with Gasteiger partial charge in [-0.05, 0) is 6.92 Å². The number of halogens is 3. The van der Waals surface area contributed by atoms with Crippen molar-refractivity contribution in [1.29, 1.82) is 0 Å². The van der Waals surface area contributed by atoms with Crippen LogP contribution in [-0.2, 0) is 7.05 Å². The molecule has 0 amide bonds. The predicted octanol–water partition coefficient (Wildman–Crippen LogP) is 3.07. The molecule has 0 saturated heterocycles. The van der Waals surface area contributed by atoms with Gasteiger partial charge in [0.15, 0.2) is 0 Å². The molecule has 0 fully saturated rings. The first kappa shape index (κ1) is 9.90. The van der Waals surface area contributed by atoms with E-state index in [1.165, 1.54) is 0 Å². The third-order valence-corrected chi connectivity index (χ3v) is 2.38. The number of aryl methyl sites for hydroxylation is 2. The van der Waals surface area contributed by atoms with Gasteiger partial charge in [0.05, 0.1) is 10.7 Å². The van der Waals surface area contributed by atoms with E-state index in [0.717, 1.165) is 11.3 Å². The summed E-state index contributed by atoms with van der Waals surface area (Å²) in [6.07, 6.45) is 1.77. The Morgan fingerprint density at radius 2 is 2.00 bits per heavy atom. The molecule has 0 aromatic carbocycles. The van der Waals surface area contributed by atoms with Crippen LogP contribution < -0.4 is 0 Å². The molecule has 1 heterocycles. The topological polar surface area (TPSA) is 17.8 Å². The zero-order valence-electron chi connectivity index (χ0n) is 6.61. The molecule has 0 saturated carbocycles. The van der Waals surface area contributed by atoms with Crippen LogP contribution in [-0.4, -0.2) is 9.78 Å². The lowest BCUT2D eigenvalue weighted by molar-refractivity contribution is 0.756. The first-order valence-corrected chi connectivity index (χ1v) is 4.37. The van der Waals surface area contributed by atoms with Crippen LogP contribution in [0, 0.1) is 6.92 Å². The van der Waals surface area contributed by atoms with E-state index in [-0.39, 0.29) is 4.49 Å². The maximum Gasteiger partial charge on any atom is 0.126 e. The second-order valence-electron chi connectivity index (χ2n) is 2.38. The lowest BCUT2D eigenvalue weighted by Gasteiger charge is -1.94. The van der Waals surface area contributed by atoms with E-state index in [4.69, 9.17) is 34.8 Å². The Labute approximate surface area is 85.7 Å². The molecule has 0 unspecified atom stereocenters. The summed E-state index contributed by atoms with van der Waals surface area (Å²) >= 11 is 16.9. The average molecular weight is 226 g/mol. The van der Waals surface area contributed by atoms with Gasteiger partial charge < -0.3 is 0 Å². The van der Waals surface area contributed by atoms with E-state index in [2.05, 4.69) is 5.10 Å². The first-order chi connectivity index (χ1) is 5.52. The highest BCUT2D eigenvalue weighted by Crippen LogP contribution is 2.29. The maximum absolute atomic E-state index is 5.82. The van der Waals surface area contributed by atoms with Gasteiger partial charge in [-0.15, -0.1) is 0 Å². The summed E-state index contributed by atoms with van der Waals surface area (Å²) in [4.78, 5) is 0. The Morgan fingerprint density at radius 1 is 1.42 bits per heavy atom. The highest BCUT2D eigenvalue weighted by atomic mass is 35.5. The fraction of sp³-hybridized carbons (Fsp3) is 0.286. The molecule has 1 aromatic heterocycles. The Kier molecular flexibility index (Phi) is 3.04. The second-order valence-corrected chi connectivity index (χ2v) is 3.70. The van der Waals surface area contributed by atoms with Gasteiger partial charge in [-0.25, -0.2) is 0 Å². The van der Waals surface area contributed by atoms with Crippen molar-refractivity contribution in [2.45, 2.75) is 6.92 Å². The normalized spacial score (nSPS) is 10.1. The molecule has 0 radical (unpaired) electrons. The van der Waals surface area contributed by atoms with Crippen molar-refractivity contribution in [1.82, 2.24) is 9.78 Å². The van der Waals surface area contributed by atoms with Gasteiger partial charge in [0.25, 0.3) is 0 Å². The molecule has 1 aromatic rings. The molecule has 0 atom stereocenters. The molecule has 1 rings (SSSR count). The van der Waals surface area contributed by atoms with E-state index >= 15 is 0 Å². The molecule has 0 N–H and O–H groups in total. The van der Waals surface area contributed by atoms with Crippen LogP contribution in [0.1, 0.15) is 11.3 Å². The quantitative estimate of drug-likeness (QED) is 0.718. The van der Waals surface area contributed by atoms with Crippen LogP contribution in [0.5, 0.6) is 0 Å². The smallest absolute Gasteiger partial charge is 0.126 e. The van der Waals surface area contributed by atoms with Crippen molar-refractivity contribution in [3.63, 3.8) is 0 Å². The van der Waals surface area contributed by atoms with Crippen molar-refractivity contribution in [3.05, 3.63) is 21.9 Å². The number of rotatable bonds is 1. The summed E-state index contributed by atoms with van der Waals surface area (Å²) in [7, 11) is 1.81. The number of aromatic nitrogens is 2. The van der Waals surface area contributed by atoms with Gasteiger partial charge in [0.2, 0.25) is 0 Å². The molecule has 0 aliphatic carbocycles. The summed E-state index contributed by atoms with van der Waals surface area (Å²) in [5, 5.41) is 4.43. The molecular weight excluding hydrogens is 218 g/mol. The van der Waals surface area contributed by atoms with Crippen LogP contribution in [0.2, 0.25) is 0 Å². The van der Waals surface area contributed by atoms with E-state index in [9.17, 15) is 0 Å². The summed E-state index contributed by atoms with van der Waals surface area (Å²) in [6, 6.07) is 0. The molecule has 66 valence electrons. The third-order valence-electron chi connectivity index (χ3n) is 1.42. The Morgan fingerprint density at radius 3 is 2.33 bits per heavy atom. The Hall–Kier alpha value is -0.180. The van der Waals surface area contributed by atoms with Crippen molar-refractivity contribution in [2.24, 2.45) is 7.05 Å². The van der Waals surface area contributed by atoms with Crippen LogP contribution in [0.4, 0.5) is 0 Å². The molecule has 12 heavy (non-hydrogen) atoms. The summed E-state index contributed by atoms with van der Waals surface area (Å²) in [5.41, 5.74) is 1.57. The molecule has 0 spiro atoms. The van der Waals surface area contributed by atoms with Crippen molar-refractivity contribution in [2.75, 3.05) is 0 Å². The molecule has 0 aliphatic rings. The molecule has 2 nitrogen and oxygen atoms in total. The summed E-state index contributed by atoms with van der Waals surface area (Å²) in [5.74, 6) is 0. The minimum absolute atomic E-state index is 0.0627. The van der Waals surface area contributed by atoms with Crippen molar-refractivity contribution in [3.8, 4) is 0 Å². The SMILES string of the molecule is Cc1nn(C)cc1C(Cl)=C(Cl)Cl. The minimum Gasteiger partial charge on any atom is -0.275 e. The summed E-state index contributed by atoms with van der Waals surface area (Å²) < 4.78 is 1.72. The van der Waals surface area contributed by atoms with E-state index in [0.29, 0.717) is 5.03 Å². The highest BCUT2D eigenvalue weighted by molar-refractivity contribution is 6.66. The second kappa shape index (κ2) is 3.69. The fourth-order valence-corrected chi connectivity index (χ4v) is 1.31. The van der Waals surface area contributed by atoms with Crippen LogP contribution >= 0.6 is 34.8 Å². The number of hydrogen-bond acceptors (Lipinski definition) is 1. The molecule has 0 aliphatic heterocycles. The minimum atomic E-state index is 0.0627. The van der Waals surface area contributed by atoms with Gasteiger partial charge in [-0.3, -0.25) is 4.68 Å². The van der Waals surface area contributed by atoms with Crippen LogP contribution in [0.3, 0.4) is 0 Å². The number of hydrogen-bond donors (Lipinski definition) is 0. The summed E-state index contributed by atoms with van der Waals surface area (Å²) in [6.45, 7) is 1.84. The van der Waals surface area contributed by atoms with Crippen LogP contribution in [0.25, 0.3) is 5.03 Å². The van der Waals surface area contributed by atoms with E-state index in [1.54, 1.807) is 10.9 Å². The predicted molar refractivity (Wildman–Crippen MR) is 52.4 cm³/mol. The number of nitrogens with zero attached hydrogens (tertiary/aromatic N) is 2. The molecule has 5 heteroatoms. The standard InChI is InChI=1S/C7H7Cl3N2/c1-4-5(3-12(2)11-4)6(8)7(9)10/h3H,1-2H3. The largest absolute Gasteiger partial charge is 0.275 e. The highest BCUT2D eigenvalue weighted by Gasteiger charge is 2.09. The van der Waals surface area contributed by atoms with Gasteiger partial charge in [0, 0.05) is 18.8 Å². The Bertz CT molecular complexity index is 323. The zero-order valence-corrected chi connectivity index (χ0v) is 8.87. The molecule has 0 bridgehead atoms. The van der Waals surface area contributed by atoms with Gasteiger partial charge in [-0.2, -0.15) is 5.10 Å². The van der Waals surface area contributed by atoms with Gasteiger partial charge >= 0.3 is 0 Å². The fourth-order valence-electron chi connectivity index (χ4n) is 0.917. The lowest BCUT2D eigenvalue weighted by Crippen LogP contribution is -1.86. The van der Waals surface area contributed by atoms with Gasteiger partial charge in [-0.1, -0.05) is 34.8 Å². The third kappa shape index (κ3) is 1.94. The monoisotopic (exact) mass is 224 g/mol. The first-order valence-electron chi connectivity index (χ1n) is 3.23. The Balaban J connectivity index is 3.20. The maximum atomic E-state index is 5.82.